The summed E-state index contributed by atoms with van der Waals surface area (Å²) in [6, 6.07) is 2.00. The minimum atomic E-state index is 0.216. The van der Waals surface area contributed by atoms with E-state index in [4.69, 9.17) is 16.7 Å². The molecular formula is C9H11ClOS. The molecule has 1 nitrogen and oxygen atoms in total. The zero-order valence-corrected chi connectivity index (χ0v) is 8.29. The molecule has 0 atom stereocenters. The highest BCUT2D eigenvalue weighted by Crippen LogP contribution is 2.48. The quantitative estimate of drug-likeness (QED) is 0.799. The van der Waals surface area contributed by atoms with Gasteiger partial charge in [0.2, 0.25) is 0 Å². The van der Waals surface area contributed by atoms with Crippen LogP contribution in [-0.2, 0) is 6.42 Å². The maximum absolute atomic E-state index is 9.10. The van der Waals surface area contributed by atoms with E-state index in [1.165, 1.54) is 17.7 Å². The van der Waals surface area contributed by atoms with Crippen molar-refractivity contribution in [2.45, 2.75) is 19.3 Å². The largest absolute Gasteiger partial charge is 0.396 e. The second-order valence-electron chi connectivity index (χ2n) is 3.57. The molecule has 0 unspecified atom stereocenters. The molecule has 0 saturated heterocycles. The van der Waals surface area contributed by atoms with Gasteiger partial charge in [-0.05, 0) is 30.7 Å². The lowest BCUT2D eigenvalue weighted by molar-refractivity contribution is 0.212. The van der Waals surface area contributed by atoms with Gasteiger partial charge in [-0.15, -0.1) is 11.3 Å². The number of hydrogen-bond donors (Lipinski definition) is 1. The van der Waals surface area contributed by atoms with Crippen LogP contribution in [0.1, 0.15) is 17.7 Å². The van der Waals surface area contributed by atoms with Crippen molar-refractivity contribution in [1.29, 1.82) is 0 Å². The Morgan fingerprint density at radius 3 is 2.75 bits per heavy atom. The van der Waals surface area contributed by atoms with Crippen molar-refractivity contribution in [3.63, 3.8) is 0 Å². The van der Waals surface area contributed by atoms with Crippen molar-refractivity contribution < 1.29 is 5.11 Å². The fraction of sp³-hybridized carbons (Fsp3) is 0.556. The van der Waals surface area contributed by atoms with Gasteiger partial charge in [0.25, 0.3) is 0 Å². The van der Waals surface area contributed by atoms with Crippen LogP contribution in [0.5, 0.6) is 0 Å². The van der Waals surface area contributed by atoms with Crippen LogP contribution in [-0.4, -0.2) is 11.7 Å². The molecule has 0 bridgehead atoms. The highest BCUT2D eigenvalue weighted by Gasteiger charge is 2.42. The fourth-order valence-electron chi connectivity index (χ4n) is 1.38. The van der Waals surface area contributed by atoms with Crippen molar-refractivity contribution in [3.8, 4) is 0 Å². The molecule has 1 aliphatic rings. The number of thiophene rings is 1. The molecule has 3 heteroatoms. The predicted octanol–water partition coefficient (Wildman–Crippen LogP) is 2.72. The molecule has 1 N–H and O–H groups in total. The maximum atomic E-state index is 9.10. The van der Waals surface area contributed by atoms with E-state index in [0.29, 0.717) is 6.61 Å². The van der Waals surface area contributed by atoms with Gasteiger partial charge in [-0.1, -0.05) is 11.6 Å². The third-order valence-electron chi connectivity index (χ3n) is 2.46. The van der Waals surface area contributed by atoms with Crippen molar-refractivity contribution in [2.24, 2.45) is 5.41 Å². The summed E-state index contributed by atoms with van der Waals surface area (Å²) in [5, 5.41) is 11.9. The third kappa shape index (κ3) is 1.65. The minimum Gasteiger partial charge on any atom is -0.396 e. The number of rotatable bonds is 3. The van der Waals surface area contributed by atoms with Gasteiger partial charge in [-0.25, -0.2) is 0 Å². The normalized spacial score (nSPS) is 19.5. The standard InChI is InChI=1S/C9H11ClOS/c10-7-3-8(12-5-7)4-9(6-11)1-2-9/h3,5,11H,1-2,4,6H2. The lowest BCUT2D eigenvalue weighted by atomic mass is 10.0. The van der Waals surface area contributed by atoms with E-state index in [0.717, 1.165) is 11.4 Å². The monoisotopic (exact) mass is 202 g/mol. The summed E-state index contributed by atoms with van der Waals surface area (Å²) in [5.74, 6) is 0. The molecule has 1 fully saturated rings. The van der Waals surface area contributed by atoms with E-state index in [1.807, 2.05) is 11.4 Å². The summed E-state index contributed by atoms with van der Waals surface area (Å²) < 4.78 is 0. The van der Waals surface area contributed by atoms with Gasteiger partial charge >= 0.3 is 0 Å². The van der Waals surface area contributed by atoms with E-state index < -0.39 is 0 Å². The zero-order valence-electron chi connectivity index (χ0n) is 6.72. The predicted molar refractivity (Wildman–Crippen MR) is 51.8 cm³/mol. The fourth-order valence-corrected chi connectivity index (χ4v) is 2.63. The first-order valence-corrected chi connectivity index (χ1v) is 5.34. The molecule has 0 aliphatic heterocycles. The molecule has 0 radical (unpaired) electrons. The molecule has 0 amide bonds. The molecule has 1 heterocycles. The Bertz CT molecular complexity index is 278. The van der Waals surface area contributed by atoms with E-state index in [2.05, 4.69) is 0 Å². The Morgan fingerprint density at radius 1 is 1.58 bits per heavy atom. The highest BCUT2D eigenvalue weighted by atomic mass is 35.5. The van der Waals surface area contributed by atoms with Crippen LogP contribution in [0.2, 0.25) is 5.02 Å². The van der Waals surface area contributed by atoms with Crippen LogP contribution in [0.4, 0.5) is 0 Å². The SMILES string of the molecule is OCC1(Cc2cc(Cl)cs2)CC1. The van der Waals surface area contributed by atoms with Gasteiger partial charge in [0.1, 0.15) is 0 Å². The van der Waals surface area contributed by atoms with Gasteiger partial charge in [-0.3, -0.25) is 0 Å². The van der Waals surface area contributed by atoms with Crippen LogP contribution in [0.25, 0.3) is 0 Å². The van der Waals surface area contributed by atoms with Crippen molar-refractivity contribution in [2.75, 3.05) is 6.61 Å². The Kier molecular flexibility index (Phi) is 2.15. The summed E-state index contributed by atoms with van der Waals surface area (Å²) in [6.07, 6.45) is 3.33. The number of halogens is 1. The smallest absolute Gasteiger partial charge is 0.0515 e. The Hall–Kier alpha value is -0.0500. The molecule has 1 aromatic rings. The Balaban J connectivity index is 2.04. The first-order valence-electron chi connectivity index (χ1n) is 4.08. The van der Waals surface area contributed by atoms with Crippen LogP contribution in [0.3, 0.4) is 0 Å². The summed E-state index contributed by atoms with van der Waals surface area (Å²) in [5.41, 5.74) is 0.216. The Morgan fingerprint density at radius 2 is 2.33 bits per heavy atom. The average Bonchev–Trinajstić information content (AvgIpc) is 2.71. The highest BCUT2D eigenvalue weighted by molar-refractivity contribution is 7.10. The molecule has 0 aromatic carbocycles. The molecule has 1 aliphatic carbocycles. The lowest BCUT2D eigenvalue weighted by Crippen LogP contribution is -2.08. The van der Waals surface area contributed by atoms with Crippen molar-refractivity contribution >= 4 is 22.9 Å². The van der Waals surface area contributed by atoms with Crippen LogP contribution in [0.15, 0.2) is 11.4 Å². The maximum Gasteiger partial charge on any atom is 0.0515 e. The van der Waals surface area contributed by atoms with Crippen LogP contribution in [0, 0.1) is 5.41 Å². The molecule has 1 saturated carbocycles. The second-order valence-corrected chi connectivity index (χ2v) is 5.00. The summed E-state index contributed by atoms with van der Waals surface area (Å²) >= 11 is 7.49. The van der Waals surface area contributed by atoms with Gasteiger partial charge in [-0.2, -0.15) is 0 Å². The van der Waals surface area contributed by atoms with Crippen molar-refractivity contribution in [3.05, 3.63) is 21.3 Å². The first kappa shape index (κ1) is 8.54. The molecule has 2 rings (SSSR count). The average molecular weight is 203 g/mol. The third-order valence-corrected chi connectivity index (χ3v) is 3.75. The molecule has 1 aromatic heterocycles. The van der Waals surface area contributed by atoms with Gasteiger partial charge in [0.15, 0.2) is 0 Å². The van der Waals surface area contributed by atoms with E-state index >= 15 is 0 Å². The van der Waals surface area contributed by atoms with E-state index in [1.54, 1.807) is 11.3 Å². The molecule has 66 valence electrons. The summed E-state index contributed by atoms with van der Waals surface area (Å²) in [7, 11) is 0. The molecule has 12 heavy (non-hydrogen) atoms. The van der Waals surface area contributed by atoms with Gasteiger partial charge < -0.3 is 5.11 Å². The number of hydrogen-bond acceptors (Lipinski definition) is 2. The van der Waals surface area contributed by atoms with E-state index in [9.17, 15) is 0 Å². The number of aliphatic hydroxyl groups excluding tert-OH is 1. The van der Waals surface area contributed by atoms with Crippen LogP contribution >= 0.6 is 22.9 Å². The molecule has 0 spiro atoms. The first-order chi connectivity index (χ1) is 5.74. The molecular weight excluding hydrogens is 192 g/mol. The zero-order chi connectivity index (χ0) is 8.60. The minimum absolute atomic E-state index is 0.216. The summed E-state index contributed by atoms with van der Waals surface area (Å²) in [4.78, 5) is 1.30. The number of aliphatic hydroxyl groups is 1. The van der Waals surface area contributed by atoms with Gasteiger partial charge in [0, 0.05) is 16.9 Å². The second kappa shape index (κ2) is 3.02. The van der Waals surface area contributed by atoms with E-state index in [-0.39, 0.29) is 5.41 Å². The topological polar surface area (TPSA) is 20.2 Å². The van der Waals surface area contributed by atoms with Gasteiger partial charge in [0.05, 0.1) is 5.02 Å². The lowest BCUT2D eigenvalue weighted by Gasteiger charge is -2.08. The van der Waals surface area contributed by atoms with Crippen LogP contribution < -0.4 is 0 Å². The van der Waals surface area contributed by atoms with Crippen molar-refractivity contribution in [1.82, 2.24) is 0 Å². The Labute approximate surface area is 81.0 Å². The summed E-state index contributed by atoms with van der Waals surface area (Å²) in [6.45, 7) is 0.322.